The van der Waals surface area contributed by atoms with Gasteiger partial charge in [-0.15, -0.1) is 0 Å². The van der Waals surface area contributed by atoms with Crippen LogP contribution in [0.15, 0.2) is 42.5 Å². The average Bonchev–Trinajstić information content (AvgIpc) is 3.34. The molecule has 2 aromatic carbocycles. The summed E-state index contributed by atoms with van der Waals surface area (Å²) in [5, 5.41) is 0. The molecule has 2 heterocycles. The van der Waals surface area contributed by atoms with Gasteiger partial charge in [0.1, 0.15) is 11.5 Å². The number of aromatic amines is 1. The molecule has 0 bridgehead atoms. The molecule has 0 radical (unpaired) electrons. The number of hydrogen-bond donors (Lipinski definition) is 1. The number of nitrogens with zero attached hydrogens (tertiary/aromatic N) is 2. The molecule has 26 heavy (non-hydrogen) atoms. The van der Waals surface area contributed by atoms with Crippen LogP contribution in [0, 0.1) is 0 Å². The lowest BCUT2D eigenvalue weighted by molar-refractivity contribution is 0.0780. The summed E-state index contributed by atoms with van der Waals surface area (Å²) >= 11 is 0. The van der Waals surface area contributed by atoms with Crippen LogP contribution in [0.5, 0.6) is 11.5 Å². The van der Waals surface area contributed by atoms with Crippen LogP contribution >= 0.6 is 0 Å². The van der Waals surface area contributed by atoms with Gasteiger partial charge in [0.15, 0.2) is 5.82 Å². The van der Waals surface area contributed by atoms with Gasteiger partial charge in [-0.1, -0.05) is 12.1 Å². The average molecular weight is 351 g/mol. The van der Waals surface area contributed by atoms with Gasteiger partial charge in [0.05, 0.1) is 25.3 Å². The summed E-state index contributed by atoms with van der Waals surface area (Å²) in [6.45, 7) is 1.33. The number of carbonyl (C=O) groups excluding carboxylic acids is 1. The van der Waals surface area contributed by atoms with Crippen LogP contribution in [0.3, 0.4) is 0 Å². The molecule has 1 amide bonds. The summed E-state index contributed by atoms with van der Waals surface area (Å²) in [5.41, 5.74) is 2.76. The maximum atomic E-state index is 12.8. The Labute approximate surface area is 151 Å². The SMILES string of the molecule is COc1ccc(OC)c(C2CCN(C(=O)c3nc4ccccc4[nH]3)C2)c1. The first kappa shape index (κ1) is 16.4. The van der Waals surface area contributed by atoms with Crippen molar-refractivity contribution in [1.29, 1.82) is 0 Å². The van der Waals surface area contributed by atoms with E-state index in [-0.39, 0.29) is 11.8 Å². The van der Waals surface area contributed by atoms with Crippen LogP contribution in [0.4, 0.5) is 0 Å². The number of likely N-dealkylation sites (tertiary alicyclic amines) is 1. The molecule has 0 saturated carbocycles. The van der Waals surface area contributed by atoms with Gasteiger partial charge in [0, 0.05) is 24.6 Å². The fourth-order valence-corrected chi connectivity index (χ4v) is 3.56. The number of amides is 1. The Balaban J connectivity index is 1.55. The van der Waals surface area contributed by atoms with Crippen molar-refractivity contribution in [3.63, 3.8) is 0 Å². The number of imidazole rings is 1. The predicted octanol–water partition coefficient (Wildman–Crippen LogP) is 3.21. The zero-order valence-electron chi connectivity index (χ0n) is 14.9. The fraction of sp³-hybridized carbons (Fsp3) is 0.300. The zero-order valence-corrected chi connectivity index (χ0v) is 14.9. The molecule has 1 saturated heterocycles. The molecule has 1 atom stereocenters. The van der Waals surface area contributed by atoms with Gasteiger partial charge in [-0.2, -0.15) is 0 Å². The van der Waals surface area contributed by atoms with E-state index >= 15 is 0 Å². The van der Waals surface area contributed by atoms with E-state index in [0.717, 1.165) is 34.5 Å². The second kappa shape index (κ2) is 6.71. The van der Waals surface area contributed by atoms with Crippen LogP contribution in [-0.4, -0.2) is 48.1 Å². The first-order valence-corrected chi connectivity index (χ1v) is 8.65. The highest BCUT2D eigenvalue weighted by Gasteiger charge is 2.31. The standard InChI is InChI=1S/C20H21N3O3/c1-25-14-7-8-18(26-2)15(11-14)13-9-10-23(12-13)20(24)19-21-16-5-3-4-6-17(16)22-19/h3-8,11,13H,9-10,12H2,1-2H3,(H,21,22). The number of rotatable bonds is 4. The Kier molecular flexibility index (Phi) is 4.24. The van der Waals surface area contributed by atoms with Crippen molar-refractivity contribution in [2.45, 2.75) is 12.3 Å². The van der Waals surface area contributed by atoms with Crippen LogP contribution in [-0.2, 0) is 0 Å². The number of benzene rings is 2. The van der Waals surface area contributed by atoms with Crippen molar-refractivity contribution in [2.75, 3.05) is 27.3 Å². The van der Waals surface area contributed by atoms with E-state index in [1.54, 1.807) is 14.2 Å². The molecule has 134 valence electrons. The molecule has 4 rings (SSSR count). The van der Waals surface area contributed by atoms with Crippen LogP contribution < -0.4 is 9.47 Å². The molecule has 6 nitrogen and oxygen atoms in total. The highest BCUT2D eigenvalue weighted by Crippen LogP contribution is 2.36. The van der Waals surface area contributed by atoms with E-state index in [1.807, 2.05) is 47.4 Å². The minimum Gasteiger partial charge on any atom is -0.497 e. The molecule has 1 N–H and O–H groups in total. The van der Waals surface area contributed by atoms with E-state index in [2.05, 4.69) is 9.97 Å². The van der Waals surface area contributed by atoms with Crippen molar-refractivity contribution in [3.05, 3.63) is 53.9 Å². The summed E-state index contributed by atoms with van der Waals surface area (Å²) in [6, 6.07) is 13.5. The van der Waals surface area contributed by atoms with Gasteiger partial charge in [-0.25, -0.2) is 4.98 Å². The first-order chi connectivity index (χ1) is 12.7. The monoisotopic (exact) mass is 351 g/mol. The molecule has 3 aromatic rings. The fourth-order valence-electron chi connectivity index (χ4n) is 3.56. The molecule has 0 aliphatic carbocycles. The van der Waals surface area contributed by atoms with Gasteiger partial charge < -0.3 is 19.4 Å². The smallest absolute Gasteiger partial charge is 0.289 e. The third kappa shape index (κ3) is 2.87. The number of aromatic nitrogens is 2. The number of fused-ring (bicyclic) bond motifs is 1. The van der Waals surface area contributed by atoms with Crippen LogP contribution in [0.2, 0.25) is 0 Å². The van der Waals surface area contributed by atoms with Crippen LogP contribution in [0.1, 0.15) is 28.5 Å². The lowest BCUT2D eigenvalue weighted by Gasteiger charge is -2.17. The van der Waals surface area contributed by atoms with Gasteiger partial charge >= 0.3 is 0 Å². The number of carbonyl (C=O) groups is 1. The summed E-state index contributed by atoms with van der Waals surface area (Å²) in [4.78, 5) is 22.2. The van der Waals surface area contributed by atoms with Crippen molar-refractivity contribution in [2.24, 2.45) is 0 Å². The third-order valence-electron chi connectivity index (χ3n) is 4.94. The molecule has 1 aliphatic rings. The second-order valence-electron chi connectivity index (χ2n) is 6.45. The Morgan fingerprint density at radius 1 is 1.19 bits per heavy atom. The van der Waals surface area contributed by atoms with E-state index in [0.29, 0.717) is 18.9 Å². The number of hydrogen-bond acceptors (Lipinski definition) is 4. The van der Waals surface area contributed by atoms with Crippen molar-refractivity contribution < 1.29 is 14.3 Å². The predicted molar refractivity (Wildman–Crippen MR) is 98.9 cm³/mol. The molecule has 1 aromatic heterocycles. The largest absolute Gasteiger partial charge is 0.497 e. The van der Waals surface area contributed by atoms with E-state index in [9.17, 15) is 4.79 Å². The Hall–Kier alpha value is -3.02. The molecule has 0 spiro atoms. The second-order valence-corrected chi connectivity index (χ2v) is 6.45. The lowest BCUT2D eigenvalue weighted by Crippen LogP contribution is -2.29. The summed E-state index contributed by atoms with van der Waals surface area (Å²) in [5.74, 6) is 2.17. The molecule has 6 heteroatoms. The molecular formula is C20H21N3O3. The highest BCUT2D eigenvalue weighted by atomic mass is 16.5. The number of para-hydroxylation sites is 2. The van der Waals surface area contributed by atoms with Gasteiger partial charge in [-0.3, -0.25) is 4.79 Å². The Bertz CT molecular complexity index is 917. The summed E-state index contributed by atoms with van der Waals surface area (Å²) < 4.78 is 10.8. The Morgan fingerprint density at radius 3 is 2.81 bits per heavy atom. The number of methoxy groups -OCH3 is 2. The minimum atomic E-state index is -0.0643. The van der Waals surface area contributed by atoms with Gasteiger partial charge in [0.25, 0.3) is 5.91 Å². The summed E-state index contributed by atoms with van der Waals surface area (Å²) in [7, 11) is 3.31. The highest BCUT2D eigenvalue weighted by molar-refractivity contribution is 5.94. The van der Waals surface area contributed by atoms with Crippen LogP contribution in [0.25, 0.3) is 11.0 Å². The Morgan fingerprint density at radius 2 is 2.04 bits per heavy atom. The van der Waals surface area contributed by atoms with Crippen molar-refractivity contribution >= 4 is 16.9 Å². The van der Waals surface area contributed by atoms with E-state index < -0.39 is 0 Å². The molecule has 1 unspecified atom stereocenters. The topological polar surface area (TPSA) is 67.5 Å². The zero-order chi connectivity index (χ0) is 18.1. The summed E-state index contributed by atoms with van der Waals surface area (Å²) in [6.07, 6.45) is 0.884. The maximum absolute atomic E-state index is 12.8. The lowest BCUT2D eigenvalue weighted by atomic mass is 9.97. The van der Waals surface area contributed by atoms with Gasteiger partial charge in [-0.05, 0) is 36.8 Å². The number of ether oxygens (including phenoxy) is 2. The normalized spacial score (nSPS) is 16.8. The quantitative estimate of drug-likeness (QED) is 0.784. The van der Waals surface area contributed by atoms with Crippen molar-refractivity contribution in [3.8, 4) is 11.5 Å². The molecule has 1 aliphatic heterocycles. The number of nitrogens with one attached hydrogen (secondary N) is 1. The third-order valence-corrected chi connectivity index (χ3v) is 4.94. The number of H-pyrrole nitrogens is 1. The molecular weight excluding hydrogens is 330 g/mol. The van der Waals surface area contributed by atoms with E-state index in [1.165, 1.54) is 0 Å². The van der Waals surface area contributed by atoms with E-state index in [4.69, 9.17) is 9.47 Å². The maximum Gasteiger partial charge on any atom is 0.289 e. The first-order valence-electron chi connectivity index (χ1n) is 8.65. The van der Waals surface area contributed by atoms with Crippen molar-refractivity contribution in [1.82, 2.24) is 14.9 Å². The minimum absolute atomic E-state index is 0.0643. The van der Waals surface area contributed by atoms with Gasteiger partial charge in [0.2, 0.25) is 0 Å². The molecule has 1 fully saturated rings.